The number of hydrogen-bond acceptors (Lipinski definition) is 5. The summed E-state index contributed by atoms with van der Waals surface area (Å²) < 4.78 is 0. The zero-order chi connectivity index (χ0) is 23.8. The van der Waals surface area contributed by atoms with E-state index in [0.717, 1.165) is 61.2 Å². The van der Waals surface area contributed by atoms with Gasteiger partial charge in [-0.15, -0.1) is 11.3 Å². The summed E-state index contributed by atoms with van der Waals surface area (Å²) in [7, 11) is 0. The number of anilines is 2. The minimum atomic E-state index is -0.126. The molecule has 3 aromatic rings. The van der Waals surface area contributed by atoms with Gasteiger partial charge in [0.15, 0.2) is 0 Å². The topological polar surface area (TPSA) is 61.4 Å². The van der Waals surface area contributed by atoms with Crippen LogP contribution >= 0.6 is 34.5 Å². The van der Waals surface area contributed by atoms with Gasteiger partial charge in [0.1, 0.15) is 16.5 Å². The van der Waals surface area contributed by atoms with E-state index in [-0.39, 0.29) is 6.03 Å². The predicted molar refractivity (Wildman–Crippen MR) is 142 cm³/mol. The van der Waals surface area contributed by atoms with Crippen molar-refractivity contribution in [1.29, 1.82) is 0 Å². The summed E-state index contributed by atoms with van der Waals surface area (Å²) in [6.45, 7) is 7.25. The van der Waals surface area contributed by atoms with Crippen LogP contribution in [0.25, 0.3) is 10.2 Å². The van der Waals surface area contributed by atoms with Gasteiger partial charge < -0.3 is 15.1 Å². The Balaban J connectivity index is 1.35. The Morgan fingerprint density at radius 1 is 1.18 bits per heavy atom. The SMILES string of the molecule is CCCc1nc(N2CCN(C(=O)Nc3ccc(Cl)c(Cl)c3)CC2)c2c3c(sc2n1)C[C@@H](C)CC3. The van der Waals surface area contributed by atoms with Crippen molar-refractivity contribution in [3.05, 3.63) is 44.5 Å². The summed E-state index contributed by atoms with van der Waals surface area (Å²) >= 11 is 13.9. The molecule has 1 N–H and O–H groups in total. The Morgan fingerprint density at radius 3 is 2.71 bits per heavy atom. The number of halogens is 2. The van der Waals surface area contributed by atoms with Crippen LogP contribution in [0.15, 0.2) is 18.2 Å². The summed E-state index contributed by atoms with van der Waals surface area (Å²) in [4.78, 5) is 29.6. The molecular formula is C25H29Cl2N5OS. The quantitative estimate of drug-likeness (QED) is 0.433. The normalized spacial score (nSPS) is 18.3. The van der Waals surface area contributed by atoms with E-state index in [4.69, 9.17) is 33.2 Å². The smallest absolute Gasteiger partial charge is 0.321 e. The van der Waals surface area contributed by atoms with Gasteiger partial charge in [0.2, 0.25) is 0 Å². The molecule has 1 fully saturated rings. The van der Waals surface area contributed by atoms with Gasteiger partial charge in [-0.2, -0.15) is 0 Å². The summed E-state index contributed by atoms with van der Waals surface area (Å²) in [5.74, 6) is 2.71. The van der Waals surface area contributed by atoms with E-state index in [0.29, 0.717) is 28.8 Å². The lowest BCUT2D eigenvalue weighted by molar-refractivity contribution is 0.208. The highest BCUT2D eigenvalue weighted by molar-refractivity contribution is 7.19. The number of urea groups is 1. The number of aromatic nitrogens is 2. The standard InChI is InChI=1S/C25H29Cl2N5OS/c1-3-4-21-29-23(22-17-7-5-15(2)13-20(17)34-24(22)30-21)31-9-11-32(12-10-31)25(33)28-16-6-8-18(26)19(27)14-16/h6,8,14-15H,3-5,7,9-13H2,1-2H3,(H,28,33)/t15-/m0/s1. The first-order chi connectivity index (χ1) is 16.4. The van der Waals surface area contributed by atoms with Crippen molar-refractivity contribution in [3.8, 4) is 0 Å². The van der Waals surface area contributed by atoms with E-state index in [1.807, 2.05) is 16.2 Å². The van der Waals surface area contributed by atoms with Gasteiger partial charge in [0.25, 0.3) is 0 Å². The van der Waals surface area contributed by atoms with E-state index >= 15 is 0 Å². The molecular weight excluding hydrogens is 489 g/mol. The fraction of sp³-hybridized carbons (Fsp3) is 0.480. The largest absolute Gasteiger partial charge is 0.352 e. The van der Waals surface area contributed by atoms with Crippen LogP contribution in [-0.4, -0.2) is 47.1 Å². The highest BCUT2D eigenvalue weighted by atomic mass is 35.5. The fourth-order valence-corrected chi connectivity index (χ4v) is 6.52. The molecule has 2 aromatic heterocycles. The number of hydrogen-bond donors (Lipinski definition) is 1. The fourth-order valence-electron chi connectivity index (χ4n) is 4.83. The van der Waals surface area contributed by atoms with E-state index in [2.05, 4.69) is 24.1 Å². The van der Waals surface area contributed by atoms with Crippen LogP contribution in [0.1, 0.15) is 43.0 Å². The summed E-state index contributed by atoms with van der Waals surface area (Å²) in [5.41, 5.74) is 2.10. The Morgan fingerprint density at radius 2 is 1.97 bits per heavy atom. The van der Waals surface area contributed by atoms with Crippen molar-refractivity contribution in [2.24, 2.45) is 5.92 Å². The molecule has 1 aliphatic carbocycles. The molecule has 1 aliphatic heterocycles. The molecule has 9 heteroatoms. The van der Waals surface area contributed by atoms with Crippen LogP contribution in [-0.2, 0) is 19.3 Å². The summed E-state index contributed by atoms with van der Waals surface area (Å²) in [6, 6.07) is 4.99. The van der Waals surface area contributed by atoms with Gasteiger partial charge in [0.05, 0.1) is 15.4 Å². The van der Waals surface area contributed by atoms with Gasteiger partial charge in [-0.1, -0.05) is 37.0 Å². The second-order valence-corrected chi connectivity index (χ2v) is 11.2. The molecule has 1 saturated heterocycles. The lowest BCUT2D eigenvalue weighted by Crippen LogP contribution is -2.50. The number of thiophene rings is 1. The Kier molecular flexibility index (Phi) is 6.87. The van der Waals surface area contributed by atoms with Crippen LogP contribution in [0.4, 0.5) is 16.3 Å². The van der Waals surface area contributed by atoms with Gasteiger partial charge in [-0.05, 0) is 55.4 Å². The van der Waals surface area contributed by atoms with Gasteiger partial charge in [0, 0.05) is 43.2 Å². The van der Waals surface area contributed by atoms with Crippen molar-refractivity contribution in [2.45, 2.75) is 46.0 Å². The molecule has 6 nitrogen and oxygen atoms in total. The third kappa shape index (κ3) is 4.70. The van der Waals surface area contributed by atoms with Gasteiger partial charge in [-0.3, -0.25) is 0 Å². The molecule has 180 valence electrons. The molecule has 5 rings (SSSR count). The molecule has 0 unspecified atom stereocenters. The maximum atomic E-state index is 12.8. The minimum Gasteiger partial charge on any atom is -0.352 e. The molecule has 1 aromatic carbocycles. The van der Waals surface area contributed by atoms with E-state index in [1.165, 1.54) is 22.2 Å². The number of nitrogens with one attached hydrogen (secondary N) is 1. The number of carbonyl (C=O) groups is 1. The molecule has 0 saturated carbocycles. The van der Waals surface area contributed by atoms with Crippen molar-refractivity contribution in [1.82, 2.24) is 14.9 Å². The maximum Gasteiger partial charge on any atom is 0.321 e. The van der Waals surface area contributed by atoms with Crippen molar-refractivity contribution >= 4 is 62.3 Å². The highest BCUT2D eigenvalue weighted by Gasteiger charge is 2.28. The third-order valence-electron chi connectivity index (χ3n) is 6.69. The molecule has 0 spiro atoms. The van der Waals surface area contributed by atoms with Crippen LogP contribution in [0.3, 0.4) is 0 Å². The first-order valence-electron chi connectivity index (χ1n) is 12.0. The van der Waals surface area contributed by atoms with Crippen LogP contribution in [0, 0.1) is 5.92 Å². The molecule has 2 amide bonds. The van der Waals surface area contributed by atoms with Crippen LogP contribution in [0.2, 0.25) is 10.0 Å². The number of benzene rings is 1. The highest BCUT2D eigenvalue weighted by Crippen LogP contribution is 2.41. The molecule has 0 bridgehead atoms. The van der Waals surface area contributed by atoms with E-state index in [9.17, 15) is 4.79 Å². The molecule has 34 heavy (non-hydrogen) atoms. The first-order valence-corrected chi connectivity index (χ1v) is 13.6. The number of fused-ring (bicyclic) bond motifs is 3. The molecule has 2 aliphatic rings. The van der Waals surface area contributed by atoms with E-state index < -0.39 is 0 Å². The zero-order valence-corrected chi connectivity index (χ0v) is 21.9. The Hall–Kier alpha value is -2.09. The summed E-state index contributed by atoms with van der Waals surface area (Å²) in [6.07, 6.45) is 5.37. The number of nitrogens with zero attached hydrogens (tertiary/aromatic N) is 4. The number of piperazine rings is 1. The second-order valence-electron chi connectivity index (χ2n) is 9.28. The van der Waals surface area contributed by atoms with E-state index in [1.54, 1.807) is 18.2 Å². The zero-order valence-electron chi connectivity index (χ0n) is 19.5. The van der Waals surface area contributed by atoms with Gasteiger partial charge in [-0.25, -0.2) is 14.8 Å². The van der Waals surface area contributed by atoms with Crippen LogP contribution in [0.5, 0.6) is 0 Å². The molecule has 1 atom stereocenters. The van der Waals surface area contributed by atoms with Gasteiger partial charge >= 0.3 is 6.03 Å². The summed E-state index contributed by atoms with van der Waals surface area (Å²) in [5, 5.41) is 5.08. The second kappa shape index (κ2) is 9.88. The van der Waals surface area contributed by atoms with Crippen LogP contribution < -0.4 is 10.2 Å². The third-order valence-corrected chi connectivity index (χ3v) is 8.58. The predicted octanol–water partition coefficient (Wildman–Crippen LogP) is 6.43. The number of aryl methyl sites for hydroxylation is 2. The number of rotatable bonds is 4. The Bertz CT molecular complexity index is 1220. The lowest BCUT2D eigenvalue weighted by atomic mass is 9.89. The monoisotopic (exact) mass is 517 g/mol. The van der Waals surface area contributed by atoms with Crippen molar-refractivity contribution in [2.75, 3.05) is 36.4 Å². The van der Waals surface area contributed by atoms with Crippen molar-refractivity contribution < 1.29 is 4.79 Å². The number of amides is 2. The maximum absolute atomic E-state index is 12.8. The van der Waals surface area contributed by atoms with Crippen molar-refractivity contribution in [3.63, 3.8) is 0 Å². The molecule has 0 radical (unpaired) electrons. The Labute approximate surface area is 214 Å². The molecule has 3 heterocycles. The minimum absolute atomic E-state index is 0.126. The average Bonchev–Trinajstić information content (AvgIpc) is 3.18. The average molecular weight is 519 g/mol. The number of carbonyl (C=O) groups excluding carboxylic acids is 1. The lowest BCUT2D eigenvalue weighted by Gasteiger charge is -2.36. The first kappa shape index (κ1) is 23.6.